The van der Waals surface area contributed by atoms with E-state index in [2.05, 4.69) is 72.1 Å². The second kappa shape index (κ2) is 34.5. The Hall–Kier alpha value is -14.4. The van der Waals surface area contributed by atoms with Crippen molar-refractivity contribution >= 4 is 84.6 Å². The van der Waals surface area contributed by atoms with Crippen LogP contribution < -0.4 is 31.9 Å². The van der Waals surface area contributed by atoms with Gasteiger partial charge in [0.25, 0.3) is 35.4 Å². The number of nitrogens with zero attached hydrogens (tertiary/aromatic N) is 16. The molecular formula is C91H91FN22O9S2. The molecule has 0 unspecified atom stereocenters. The number of amides is 7. The Morgan fingerprint density at radius 1 is 0.464 bits per heavy atom. The van der Waals surface area contributed by atoms with Gasteiger partial charge in [-0.15, -0.1) is 0 Å². The van der Waals surface area contributed by atoms with Crippen LogP contribution in [0.25, 0.3) is 84.0 Å². The average Bonchev–Trinajstić information content (AvgIpc) is 1.59. The molecule has 0 atom stereocenters. The summed E-state index contributed by atoms with van der Waals surface area (Å²) in [4.78, 5) is 109. The van der Waals surface area contributed by atoms with Gasteiger partial charge in [0, 0.05) is 140 Å². The summed E-state index contributed by atoms with van der Waals surface area (Å²) in [6.45, 7) is 14.3. The van der Waals surface area contributed by atoms with Gasteiger partial charge in [0.05, 0.1) is 69.8 Å². The number of hydrogen-bond acceptors (Lipinski definition) is 18. The van der Waals surface area contributed by atoms with E-state index < -0.39 is 26.3 Å². The van der Waals surface area contributed by atoms with Crippen LogP contribution in [0, 0.1) is 33.5 Å². The van der Waals surface area contributed by atoms with Gasteiger partial charge in [0.2, 0.25) is 5.91 Å². The summed E-state index contributed by atoms with van der Waals surface area (Å²) < 4.78 is 51.8. The molecule has 0 saturated heterocycles. The molecule has 0 spiro atoms. The van der Waals surface area contributed by atoms with E-state index in [0.29, 0.717) is 85.2 Å². The summed E-state index contributed by atoms with van der Waals surface area (Å²) in [6.07, 6.45) is 34.4. The lowest BCUT2D eigenvalue weighted by Crippen LogP contribution is -2.28. The Bertz CT molecular complexity index is 6880. The molecule has 638 valence electrons. The first kappa shape index (κ1) is 84.2. The van der Waals surface area contributed by atoms with E-state index in [-0.39, 0.29) is 51.9 Å². The highest BCUT2D eigenvalue weighted by molar-refractivity contribution is 7.92. The first-order valence-electron chi connectivity index (χ1n) is 40.8. The number of fused-ring (bicyclic) bond motifs is 3. The van der Waals surface area contributed by atoms with Crippen LogP contribution in [-0.4, -0.2) is 177 Å². The quantitative estimate of drug-likeness (QED) is 0.0413. The number of hydrogen-bond donors (Lipinski definition) is 6. The van der Waals surface area contributed by atoms with Crippen molar-refractivity contribution in [1.29, 1.82) is 0 Å². The lowest BCUT2D eigenvalue weighted by molar-refractivity contribution is -0.114. The lowest BCUT2D eigenvalue weighted by atomic mass is 9.99. The topological polar surface area (TPSA) is 365 Å². The Morgan fingerprint density at radius 3 is 1.40 bits per heavy atom. The Labute approximate surface area is 722 Å². The zero-order valence-corrected chi connectivity index (χ0v) is 72.1. The van der Waals surface area contributed by atoms with Crippen molar-refractivity contribution in [3.63, 3.8) is 0 Å². The maximum Gasteiger partial charge on any atom is 0.254 e. The molecule has 11 aromatic heterocycles. The summed E-state index contributed by atoms with van der Waals surface area (Å²) in [5.41, 5.74) is 15.6. The van der Waals surface area contributed by atoms with Crippen LogP contribution in [0.15, 0.2) is 201 Å². The van der Waals surface area contributed by atoms with Crippen molar-refractivity contribution in [2.75, 3.05) is 26.5 Å². The summed E-state index contributed by atoms with van der Waals surface area (Å²) in [5.74, 6) is 0.514. The number of carbonyl (C=O) groups is 7. The Morgan fingerprint density at radius 2 is 0.912 bits per heavy atom. The fourth-order valence-corrected chi connectivity index (χ4v) is 15.8. The fourth-order valence-electron chi connectivity index (χ4n) is 13.8. The number of halogens is 1. The summed E-state index contributed by atoms with van der Waals surface area (Å²) in [5, 5.41) is 32.1. The number of sulfone groups is 1. The van der Waals surface area contributed by atoms with Gasteiger partial charge < -0.3 is 36.8 Å². The molecule has 4 saturated carbocycles. The molecule has 7 amide bonds. The number of carbonyl (C=O) groups excluding carboxylic acids is 7. The van der Waals surface area contributed by atoms with Crippen LogP contribution in [0.1, 0.15) is 163 Å². The highest BCUT2D eigenvalue weighted by atomic mass is 32.2. The molecular weight excluding hydrogens is 1630 g/mol. The largest absolute Gasteiger partial charge is 0.355 e. The van der Waals surface area contributed by atoms with Gasteiger partial charge in [-0.3, -0.25) is 51.3 Å². The SMILES string of the molecule is CC(=O)Nc1ncc(-n2cnc(-c3cc(C(=O)NC4CC4)ccc3C)c2)s1.CNC(=O)c1ccn2c(-n3cc(-c4cc(C(=O)NC5CC5)ccc4C)cn3)cnc2c1.Cc1cc(F)c(C(=O)NC2CC2)cc1-c1cnn(-c2cnc3ccc(C(=O)N(C)C)cn23)c1.Cc1ccc(C(=O)NC2CC2)cc1-c1cnn(-c2cnc3ccc(S(=O)(=O)C(C)(C)C)cn23)c1. The van der Waals surface area contributed by atoms with Gasteiger partial charge in [-0.25, -0.2) is 51.8 Å². The second-order valence-corrected chi connectivity index (χ2v) is 36.4. The van der Waals surface area contributed by atoms with Crippen molar-refractivity contribution in [3.05, 3.63) is 258 Å². The predicted octanol–water partition coefficient (Wildman–Crippen LogP) is 13.1. The number of imidazole rings is 4. The molecule has 15 aromatic rings. The molecule has 4 aliphatic carbocycles. The lowest BCUT2D eigenvalue weighted by Gasteiger charge is -2.19. The first-order chi connectivity index (χ1) is 59.9. The third-order valence-corrected chi connectivity index (χ3v) is 25.1. The summed E-state index contributed by atoms with van der Waals surface area (Å²) in [6, 6.07) is 31.4. The number of nitrogens with one attached hydrogen (secondary N) is 6. The first-order valence-corrected chi connectivity index (χ1v) is 43.1. The number of aromatic nitrogens is 15. The molecule has 0 bridgehead atoms. The van der Waals surface area contributed by atoms with Gasteiger partial charge in [-0.05, 0) is 224 Å². The van der Waals surface area contributed by atoms with E-state index in [4.69, 9.17) is 0 Å². The maximum absolute atomic E-state index is 14.5. The molecule has 34 heteroatoms. The number of aryl methyl sites for hydroxylation is 4. The molecule has 0 radical (unpaired) electrons. The third-order valence-electron chi connectivity index (χ3n) is 21.7. The summed E-state index contributed by atoms with van der Waals surface area (Å²) >= 11 is 1.36. The smallest absolute Gasteiger partial charge is 0.254 e. The third kappa shape index (κ3) is 18.7. The Kier molecular flexibility index (Phi) is 23.2. The molecule has 19 rings (SSSR count). The van der Waals surface area contributed by atoms with E-state index in [1.54, 1.807) is 189 Å². The van der Waals surface area contributed by atoms with Crippen molar-refractivity contribution in [1.82, 2.24) is 104 Å². The van der Waals surface area contributed by atoms with E-state index in [1.165, 1.54) is 29.2 Å². The number of benzene rings is 4. The van der Waals surface area contributed by atoms with Crippen molar-refractivity contribution in [3.8, 4) is 67.1 Å². The second-order valence-electron chi connectivity index (χ2n) is 32.7. The normalized spacial score (nSPS) is 13.7. The number of thiazole rings is 1. The molecule has 31 nitrogen and oxygen atoms in total. The van der Waals surface area contributed by atoms with Crippen LogP contribution in [0.4, 0.5) is 9.52 Å². The molecule has 4 aliphatic rings. The minimum atomic E-state index is -3.52. The van der Waals surface area contributed by atoms with Crippen LogP contribution in [0.3, 0.4) is 0 Å². The number of rotatable bonds is 20. The van der Waals surface area contributed by atoms with Gasteiger partial charge >= 0.3 is 0 Å². The minimum absolute atomic E-state index is 0.0249. The van der Waals surface area contributed by atoms with Gasteiger partial charge in [0.15, 0.2) is 32.4 Å². The number of anilines is 1. The molecule has 125 heavy (non-hydrogen) atoms. The minimum Gasteiger partial charge on any atom is -0.355 e. The average molecular weight is 1720 g/mol. The maximum atomic E-state index is 14.5. The van der Waals surface area contributed by atoms with Gasteiger partial charge in [-0.1, -0.05) is 29.5 Å². The highest BCUT2D eigenvalue weighted by Gasteiger charge is 2.33. The number of pyridine rings is 3. The summed E-state index contributed by atoms with van der Waals surface area (Å²) in [7, 11) is 1.48. The molecule has 11 heterocycles. The van der Waals surface area contributed by atoms with Crippen LogP contribution in [0.2, 0.25) is 0 Å². The van der Waals surface area contributed by atoms with Crippen LogP contribution >= 0.6 is 11.3 Å². The van der Waals surface area contributed by atoms with Gasteiger partial charge in [0.1, 0.15) is 34.1 Å². The molecule has 0 aliphatic heterocycles. The fraction of sp³-hybridized carbons (Fsp3) is 0.264. The molecule has 4 aromatic carbocycles. The van der Waals surface area contributed by atoms with E-state index in [9.17, 15) is 46.4 Å². The van der Waals surface area contributed by atoms with E-state index in [1.807, 2.05) is 103 Å². The molecule has 4 fully saturated rings. The van der Waals surface area contributed by atoms with Crippen molar-refractivity contribution in [2.45, 2.75) is 141 Å². The van der Waals surface area contributed by atoms with Crippen LogP contribution in [-0.2, 0) is 14.6 Å². The van der Waals surface area contributed by atoms with E-state index >= 15 is 0 Å². The van der Waals surface area contributed by atoms with Crippen molar-refractivity contribution < 1.29 is 46.4 Å². The van der Waals surface area contributed by atoms with Gasteiger partial charge in [-0.2, -0.15) is 15.3 Å². The van der Waals surface area contributed by atoms with E-state index in [0.717, 1.165) is 124 Å². The Balaban J connectivity index is 0.000000123. The molecule has 6 N–H and O–H groups in total. The van der Waals surface area contributed by atoms with Crippen LogP contribution in [0.5, 0.6) is 0 Å². The standard InChI is InChI=1S/C25H27N5O3S.C24H23FN6O2.C23H22N6O2.C19H19N5O2S/c1-16-5-6-17(24(31)28-19-7-8-19)11-21(16)18-12-27-30(14-18)23-13-26-22-10-9-20(15-29(22)23)34(32,33)25(2,3)4;1-14-8-20(25)19(23(32)28-17-5-6-17)9-18(14)16-10-27-31(13-16)22-11-26-21-7-4-15(12-30(21)22)24(33)29(2)3;1-14-3-4-15(23(31)27-18-5-6-18)9-19(14)17-11-26-29(13-17)21-12-25-20-10-16(22(30)24-2)7-8-28(20)21;1-11-3-4-13(18(26)23-14-5-6-14)7-15(11)16-9-24(10-21-16)17-8-20-19(27-17)22-12(2)25/h5-6,9-15,19H,7-8H2,1-4H3,(H,28,31);4,7-13,17H,5-6H2,1-3H3,(H,28,32);3-4,7-13,18H,5-6H2,1-2H3,(H,24,30)(H,27,31);3-4,7-10,14H,5-6H2,1-2H3,(H,23,26)(H,20,22,25). The predicted molar refractivity (Wildman–Crippen MR) is 471 cm³/mol. The van der Waals surface area contributed by atoms with Crippen molar-refractivity contribution in [2.24, 2.45) is 0 Å². The highest BCUT2D eigenvalue weighted by Crippen LogP contribution is 2.35. The zero-order valence-electron chi connectivity index (χ0n) is 70.5. The zero-order chi connectivity index (χ0) is 88.0. The monoisotopic (exact) mass is 1720 g/mol.